The van der Waals surface area contributed by atoms with Gasteiger partial charge in [-0.1, -0.05) is 18.2 Å². The third-order valence-corrected chi connectivity index (χ3v) is 14.1. The van der Waals surface area contributed by atoms with E-state index in [0.29, 0.717) is 5.69 Å². The number of hydrogen-bond acceptors (Lipinski definition) is 24. The van der Waals surface area contributed by atoms with Crippen LogP contribution in [-0.2, 0) is 39.9 Å². The zero-order chi connectivity index (χ0) is 51.2. The number of nitrogens with one attached hydrogen (secondary N) is 5. The van der Waals surface area contributed by atoms with Crippen LogP contribution in [0.1, 0.15) is 31.8 Å². The van der Waals surface area contributed by atoms with Crippen molar-refractivity contribution in [2.75, 3.05) is 39.3 Å². The summed E-state index contributed by atoms with van der Waals surface area (Å²) in [5.41, 5.74) is 2.75. The number of Topliss-reactive ketones (excluding diaryl/α,β-unsaturated/α-hetero) is 2. The zero-order valence-corrected chi connectivity index (χ0v) is 45.4. The van der Waals surface area contributed by atoms with Crippen LogP contribution in [0, 0.1) is 0 Å². The molecule has 0 unspecified atom stereocenters. The Balaban J connectivity index is 0.00000435. The second-order valence-corrected chi connectivity index (χ2v) is 22.0. The van der Waals surface area contributed by atoms with E-state index in [1.807, 2.05) is 0 Å². The molecule has 0 saturated carbocycles. The average molecular weight is 1090 g/mol. The number of hydrazone groups is 2. The van der Waals surface area contributed by atoms with Gasteiger partial charge in [-0.25, -0.2) is 33.7 Å². The smallest absolute Gasteiger partial charge is 0.744 e. The largest absolute Gasteiger partial charge is 1.00 e. The van der Waals surface area contributed by atoms with Crippen LogP contribution in [0.3, 0.4) is 0 Å². The van der Waals surface area contributed by atoms with Crippen LogP contribution in [0.5, 0.6) is 11.5 Å². The van der Waals surface area contributed by atoms with Gasteiger partial charge in [-0.05, 0) is 108 Å². The van der Waals surface area contributed by atoms with Gasteiger partial charge in [0.05, 0.1) is 31.0 Å². The van der Waals surface area contributed by atoms with E-state index in [2.05, 4.69) is 52.0 Å². The minimum Gasteiger partial charge on any atom is -0.744 e. The van der Waals surface area contributed by atoms with Crippen molar-refractivity contribution in [1.82, 2.24) is 15.0 Å². The number of phenolic OH excluding ortho intramolecular Hbond substituents is 2. The van der Waals surface area contributed by atoms with E-state index in [1.54, 1.807) is 30.3 Å². The number of allylic oxidation sites excluding steroid dienone is 2. The number of anilines is 8. The molecule has 6 aromatic rings. The van der Waals surface area contributed by atoms with Gasteiger partial charge < -0.3 is 35.3 Å². The summed E-state index contributed by atoms with van der Waals surface area (Å²) >= 11 is 0. The normalized spacial score (nSPS) is 14.6. The first kappa shape index (κ1) is 55.9. The summed E-state index contributed by atoms with van der Waals surface area (Å²) in [4.78, 5) is 38.0. The predicted molar refractivity (Wildman–Crippen MR) is 258 cm³/mol. The van der Waals surface area contributed by atoms with Crippen molar-refractivity contribution in [3.05, 3.63) is 135 Å². The van der Waals surface area contributed by atoms with Crippen LogP contribution >= 0.6 is 0 Å². The molecule has 0 amide bonds. The van der Waals surface area contributed by atoms with Crippen LogP contribution in [0.25, 0.3) is 12.2 Å². The maximum Gasteiger partial charge on any atom is 1.00 e. The summed E-state index contributed by atoms with van der Waals surface area (Å²) in [6.45, 7) is 0. The molecule has 0 aliphatic heterocycles. The van der Waals surface area contributed by atoms with E-state index in [1.165, 1.54) is 36.4 Å². The molecule has 0 saturated heterocycles. The summed E-state index contributed by atoms with van der Waals surface area (Å²) in [6.07, 6.45) is 3.61. The number of nitrogens with zero attached hydrogens (tertiary/aromatic N) is 5. The number of carbonyl (C=O) groups excluding carboxylic acids is 2. The van der Waals surface area contributed by atoms with E-state index < -0.39 is 84.2 Å². The van der Waals surface area contributed by atoms with Gasteiger partial charge in [-0.2, -0.15) is 25.2 Å². The monoisotopic (exact) mass is 1090 g/mol. The molecule has 73 heavy (non-hydrogen) atoms. The zero-order valence-electron chi connectivity index (χ0n) is 38.1. The third-order valence-electron chi connectivity index (χ3n) is 10.1. The Morgan fingerprint density at radius 1 is 0.493 bits per heavy atom. The molecule has 30 heteroatoms. The molecule has 0 radical (unpaired) electrons. The van der Waals surface area contributed by atoms with Gasteiger partial charge in [0.25, 0.3) is 0 Å². The van der Waals surface area contributed by atoms with Gasteiger partial charge in [0.1, 0.15) is 43.2 Å². The van der Waals surface area contributed by atoms with E-state index in [-0.39, 0.29) is 132 Å². The maximum absolute atomic E-state index is 13.7. The van der Waals surface area contributed by atoms with Crippen molar-refractivity contribution in [2.45, 2.75) is 9.79 Å². The molecule has 2 aliphatic carbocycles. The average Bonchev–Trinajstić information content (AvgIpc) is 3.28. The first-order valence-electron chi connectivity index (χ1n) is 19.9. The summed E-state index contributed by atoms with van der Waals surface area (Å²) in [7, 11) is -18.3. The van der Waals surface area contributed by atoms with Crippen molar-refractivity contribution in [2.24, 2.45) is 10.2 Å². The molecule has 364 valence electrons. The second-order valence-electron chi connectivity index (χ2n) is 15.3. The molecule has 1 aromatic heterocycles. The Hall–Kier alpha value is -6.41. The van der Waals surface area contributed by atoms with E-state index in [9.17, 15) is 62.6 Å². The topological polar surface area (TPSA) is 381 Å². The number of phenols is 2. The van der Waals surface area contributed by atoms with Crippen molar-refractivity contribution in [3.8, 4) is 11.5 Å². The molecule has 0 fully saturated rings. The summed E-state index contributed by atoms with van der Waals surface area (Å²) < 4.78 is 123. The quantitative estimate of drug-likeness (QED) is 0.0280. The van der Waals surface area contributed by atoms with Crippen LogP contribution in [0.2, 0.25) is 0 Å². The van der Waals surface area contributed by atoms with Gasteiger partial charge in [0.15, 0.2) is 19.7 Å². The number of ketones is 2. The first-order chi connectivity index (χ1) is 33.3. The number of rotatable bonds is 14. The fourth-order valence-corrected chi connectivity index (χ4v) is 9.37. The Labute approximate surface area is 459 Å². The van der Waals surface area contributed by atoms with E-state index >= 15 is 0 Å². The minimum absolute atomic E-state index is 0. The van der Waals surface area contributed by atoms with Crippen LogP contribution in [0.15, 0.2) is 133 Å². The Morgan fingerprint density at radius 3 is 1.22 bits per heavy atom. The van der Waals surface area contributed by atoms with Gasteiger partial charge in [-0.3, -0.25) is 20.4 Å². The number of carbonyl (C=O) groups is 2. The molecular formula is C43H32N10Na2O14S4. The molecule has 24 nitrogen and oxygen atoms in total. The Kier molecular flexibility index (Phi) is 16.5. The molecule has 0 atom stereocenters. The molecule has 8 rings (SSSR count). The number of benzene rings is 5. The molecular weight excluding hydrogens is 1050 g/mol. The van der Waals surface area contributed by atoms with Gasteiger partial charge >= 0.3 is 59.1 Å². The molecule has 5 aromatic carbocycles. The van der Waals surface area contributed by atoms with E-state index in [0.717, 1.165) is 61.1 Å². The minimum atomic E-state index is -5.39. The van der Waals surface area contributed by atoms with Crippen LogP contribution in [0.4, 0.5) is 46.3 Å². The Morgan fingerprint density at radius 2 is 0.863 bits per heavy atom. The second kappa shape index (κ2) is 21.6. The molecule has 0 bridgehead atoms. The molecule has 0 spiro atoms. The van der Waals surface area contributed by atoms with Crippen molar-refractivity contribution >= 4 is 121 Å². The summed E-state index contributed by atoms with van der Waals surface area (Å²) in [5, 5.41) is 37.0. The number of aromatic hydroxyl groups is 2. The molecule has 7 N–H and O–H groups in total. The van der Waals surface area contributed by atoms with Crippen LogP contribution in [-0.4, -0.2) is 103 Å². The fourth-order valence-electron chi connectivity index (χ4n) is 6.78. The standard InChI is InChI=1S/C43H34N10O14S4.2Na/c1-68(58,59)27-10-14-33(54)31(20-27)50-52-37-35(70(62,63)64)18-22-16-25(8-12-29(22)39(37)56)45-42-47-41(44-24-6-4-3-5-7-24)48-43(49-42)46-26-9-13-30-23(17-26)19-36(71(65,66)67)38(40(30)57)53-51-32-21-28(69(2,60)61)11-15-34(32)55;;/h3-21,50-51,54-55H,1-2H3,(H,62,63,64)(H,65,66,67)(H3,44,45,46,47,48,49);;/q;2*+1/p-2. The van der Waals surface area contributed by atoms with Gasteiger partial charge in [0.2, 0.25) is 29.4 Å². The number of para-hydroxylation sites is 1. The maximum atomic E-state index is 13.7. The fraction of sp³-hybridized carbons (Fsp3) is 0.0465. The van der Waals surface area contributed by atoms with Gasteiger partial charge in [0, 0.05) is 40.7 Å². The Bertz CT molecular complexity index is 3650. The molecule has 2 aliphatic rings. The number of hydrogen-bond donors (Lipinski definition) is 7. The summed E-state index contributed by atoms with van der Waals surface area (Å²) in [5.74, 6) is -3.39. The SMILES string of the molecule is CS(=O)(=O)c1ccc(O)c(NN=C2C(=O)c3ccc(Nc4nc(Nc5ccccc5)nc(Nc5ccc6c(c5)C=C(S(=O)(=O)[O-])C(=NNc5cc(S(C)(=O)=O)ccc5O)C6=O)n4)cc3C=C2S(=O)(=O)[O-])c1.[Na+].[Na+]. The van der Waals surface area contributed by atoms with Crippen molar-refractivity contribution < 1.29 is 122 Å². The van der Waals surface area contributed by atoms with Gasteiger partial charge in [-0.15, -0.1) is 0 Å². The van der Waals surface area contributed by atoms with Crippen LogP contribution < -0.4 is 85.9 Å². The number of sulfone groups is 2. The first-order valence-corrected chi connectivity index (χ1v) is 26.5. The predicted octanol–water partition coefficient (Wildman–Crippen LogP) is -1.57. The third kappa shape index (κ3) is 12.9. The summed E-state index contributed by atoms with van der Waals surface area (Å²) in [6, 6.07) is 22.9. The van der Waals surface area contributed by atoms with Crippen molar-refractivity contribution in [1.29, 1.82) is 0 Å². The number of aromatic nitrogens is 3. The number of fused-ring (bicyclic) bond motifs is 2. The van der Waals surface area contributed by atoms with E-state index in [4.69, 9.17) is 0 Å². The molecule has 1 heterocycles. The van der Waals surface area contributed by atoms with Crippen molar-refractivity contribution in [3.63, 3.8) is 0 Å².